The molecule has 0 saturated carbocycles. The van der Waals surface area contributed by atoms with Crippen LogP contribution < -0.4 is 5.73 Å². The molecule has 94 valence electrons. The van der Waals surface area contributed by atoms with Gasteiger partial charge in [-0.1, -0.05) is 44.9 Å². The van der Waals surface area contributed by atoms with Crippen LogP contribution in [0.15, 0.2) is 5.10 Å². The molecule has 1 aliphatic rings. The second kappa shape index (κ2) is 7.01. The Bertz CT molecular complexity index is 232. The Balaban J connectivity index is 2.33. The molecular formula is C11H24N4S. The summed E-state index contributed by atoms with van der Waals surface area (Å²) in [5, 5.41) is 9.11. The second-order valence-electron chi connectivity index (χ2n) is 4.34. The van der Waals surface area contributed by atoms with Crippen molar-refractivity contribution >= 4 is 16.9 Å². The van der Waals surface area contributed by atoms with Crippen LogP contribution in [0.3, 0.4) is 0 Å². The predicted octanol–water partition coefficient (Wildman–Crippen LogP) is 2.29. The van der Waals surface area contributed by atoms with Crippen LogP contribution in [0.25, 0.3) is 0 Å². The second-order valence-corrected chi connectivity index (χ2v) is 5.31. The van der Waals surface area contributed by atoms with Crippen LogP contribution in [0.1, 0.15) is 39.5 Å². The van der Waals surface area contributed by atoms with Crippen LogP contribution >= 0.6 is 11.8 Å². The first-order valence-corrected chi connectivity index (χ1v) is 7.11. The molecule has 0 fully saturated rings. The predicted molar refractivity (Wildman–Crippen MR) is 71.9 cm³/mol. The monoisotopic (exact) mass is 244 g/mol. The van der Waals surface area contributed by atoms with E-state index in [2.05, 4.69) is 31.0 Å². The summed E-state index contributed by atoms with van der Waals surface area (Å²) >= 11 is 1.60. The van der Waals surface area contributed by atoms with Gasteiger partial charge in [-0.25, -0.2) is 10.1 Å². The van der Waals surface area contributed by atoms with Gasteiger partial charge in [0.2, 0.25) is 0 Å². The van der Waals surface area contributed by atoms with E-state index < -0.39 is 0 Å². The number of hydrogen-bond donors (Lipinski definition) is 1. The molecule has 1 heterocycles. The summed E-state index contributed by atoms with van der Waals surface area (Å²) in [6, 6.07) is 0. The van der Waals surface area contributed by atoms with Crippen molar-refractivity contribution in [2.75, 3.05) is 19.5 Å². The number of unbranched alkanes of at least 4 members (excludes halogenated alkanes) is 1. The van der Waals surface area contributed by atoms with E-state index in [1.165, 1.54) is 25.7 Å². The fourth-order valence-corrected chi connectivity index (χ4v) is 2.51. The Morgan fingerprint density at radius 3 is 2.81 bits per heavy atom. The Kier molecular flexibility index (Phi) is 5.98. The van der Waals surface area contributed by atoms with Crippen LogP contribution in [0, 0.1) is 5.92 Å². The minimum atomic E-state index is 0.674. The number of nitrogens with zero attached hydrogens (tertiary/aromatic N) is 3. The lowest BCUT2D eigenvalue weighted by Gasteiger charge is -2.28. The molecule has 1 aliphatic heterocycles. The summed E-state index contributed by atoms with van der Waals surface area (Å²) in [7, 11) is 2.09. The number of thioether (sulfide) groups is 1. The number of hydrazone groups is 1. The van der Waals surface area contributed by atoms with E-state index in [1.807, 2.05) is 5.12 Å². The number of hydrazine groups is 1. The number of hydrogen-bond acceptors (Lipinski definition) is 5. The molecule has 5 heteroatoms. The minimum absolute atomic E-state index is 0.674. The average molecular weight is 244 g/mol. The Morgan fingerprint density at radius 2 is 2.31 bits per heavy atom. The SMILES string of the molecule is CCCCC(CC)CN(C)N1CSC(N)=N1. The molecule has 0 aliphatic carbocycles. The quantitative estimate of drug-likeness (QED) is 0.746. The van der Waals surface area contributed by atoms with E-state index >= 15 is 0 Å². The zero-order valence-electron chi connectivity index (χ0n) is 10.6. The molecular weight excluding hydrogens is 220 g/mol. The molecule has 0 radical (unpaired) electrons. The third-order valence-corrected chi connectivity index (χ3v) is 3.74. The number of rotatable bonds is 7. The maximum atomic E-state index is 5.65. The lowest BCUT2D eigenvalue weighted by Crippen LogP contribution is -2.37. The van der Waals surface area contributed by atoms with Gasteiger partial charge in [0.05, 0.1) is 0 Å². The van der Waals surface area contributed by atoms with E-state index in [-0.39, 0.29) is 0 Å². The maximum Gasteiger partial charge on any atom is 0.181 e. The molecule has 1 rings (SSSR count). The van der Waals surface area contributed by atoms with E-state index in [0.717, 1.165) is 18.3 Å². The minimum Gasteiger partial charge on any atom is -0.377 e. The summed E-state index contributed by atoms with van der Waals surface area (Å²) in [4.78, 5) is 0. The fourth-order valence-electron chi connectivity index (χ4n) is 1.86. The average Bonchev–Trinajstić information content (AvgIpc) is 2.70. The Morgan fingerprint density at radius 1 is 1.56 bits per heavy atom. The molecule has 16 heavy (non-hydrogen) atoms. The first-order chi connectivity index (χ1) is 7.67. The molecule has 0 saturated heterocycles. The molecule has 1 atom stereocenters. The molecule has 0 amide bonds. The highest BCUT2D eigenvalue weighted by molar-refractivity contribution is 8.13. The third-order valence-electron chi connectivity index (χ3n) is 3.00. The van der Waals surface area contributed by atoms with Crippen molar-refractivity contribution < 1.29 is 0 Å². The van der Waals surface area contributed by atoms with E-state index in [4.69, 9.17) is 5.73 Å². The van der Waals surface area contributed by atoms with Crippen LogP contribution in [-0.2, 0) is 0 Å². The fraction of sp³-hybridized carbons (Fsp3) is 0.909. The molecule has 2 N–H and O–H groups in total. The summed E-state index contributed by atoms with van der Waals surface area (Å²) < 4.78 is 0. The Hall–Kier alpha value is -0.420. The van der Waals surface area contributed by atoms with Crippen molar-refractivity contribution in [2.24, 2.45) is 16.8 Å². The third kappa shape index (κ3) is 4.22. The van der Waals surface area contributed by atoms with Crippen LogP contribution in [0.5, 0.6) is 0 Å². The maximum absolute atomic E-state index is 5.65. The summed E-state index contributed by atoms with van der Waals surface area (Å²) in [5.41, 5.74) is 5.65. The van der Waals surface area contributed by atoms with Gasteiger partial charge in [0.25, 0.3) is 0 Å². The Labute approximate surface area is 103 Å². The number of nitrogens with two attached hydrogens (primary N) is 1. The first-order valence-electron chi connectivity index (χ1n) is 6.12. The summed E-state index contributed by atoms with van der Waals surface area (Å²) in [6.07, 6.45) is 5.17. The first kappa shape index (κ1) is 13.6. The van der Waals surface area contributed by atoms with Gasteiger partial charge in [-0.3, -0.25) is 0 Å². The van der Waals surface area contributed by atoms with E-state index in [0.29, 0.717) is 5.17 Å². The smallest absolute Gasteiger partial charge is 0.181 e. The standard InChI is InChI=1S/C11H24N4S/c1-4-6-7-10(5-2)8-14(3)15-9-16-11(12)13-15/h10H,4-9H2,1-3H3,(H2,12,13). The highest BCUT2D eigenvalue weighted by atomic mass is 32.2. The number of amidine groups is 1. The molecule has 1 unspecified atom stereocenters. The summed E-state index contributed by atoms with van der Waals surface area (Å²) in [6.45, 7) is 5.59. The summed E-state index contributed by atoms with van der Waals surface area (Å²) in [5.74, 6) is 1.62. The highest BCUT2D eigenvalue weighted by Crippen LogP contribution is 2.19. The van der Waals surface area contributed by atoms with E-state index in [1.54, 1.807) is 11.8 Å². The molecule has 0 aromatic rings. The highest BCUT2D eigenvalue weighted by Gasteiger charge is 2.19. The van der Waals surface area contributed by atoms with E-state index in [9.17, 15) is 0 Å². The zero-order valence-corrected chi connectivity index (χ0v) is 11.5. The molecule has 0 spiro atoms. The van der Waals surface area contributed by atoms with Crippen molar-refractivity contribution in [1.82, 2.24) is 10.1 Å². The van der Waals surface area contributed by atoms with Crippen molar-refractivity contribution in [3.8, 4) is 0 Å². The van der Waals surface area contributed by atoms with Crippen molar-refractivity contribution in [3.63, 3.8) is 0 Å². The van der Waals surface area contributed by atoms with Crippen LogP contribution in [-0.4, -0.2) is 34.8 Å². The molecule has 0 aromatic carbocycles. The van der Waals surface area contributed by atoms with Crippen molar-refractivity contribution in [3.05, 3.63) is 0 Å². The molecule has 4 nitrogen and oxygen atoms in total. The zero-order chi connectivity index (χ0) is 12.0. The van der Waals surface area contributed by atoms with Gasteiger partial charge >= 0.3 is 0 Å². The van der Waals surface area contributed by atoms with Crippen molar-refractivity contribution in [2.45, 2.75) is 39.5 Å². The van der Waals surface area contributed by atoms with Gasteiger partial charge in [0, 0.05) is 13.6 Å². The van der Waals surface area contributed by atoms with Gasteiger partial charge in [0.1, 0.15) is 5.88 Å². The van der Waals surface area contributed by atoms with Crippen molar-refractivity contribution in [1.29, 1.82) is 0 Å². The normalized spacial score (nSPS) is 18.0. The van der Waals surface area contributed by atoms with Crippen LogP contribution in [0.4, 0.5) is 0 Å². The van der Waals surface area contributed by atoms with Gasteiger partial charge < -0.3 is 5.73 Å². The van der Waals surface area contributed by atoms with Gasteiger partial charge in [-0.05, 0) is 12.3 Å². The lowest BCUT2D eigenvalue weighted by molar-refractivity contribution is 0.00931. The van der Waals surface area contributed by atoms with Crippen LogP contribution in [0.2, 0.25) is 0 Å². The molecule has 0 aromatic heterocycles. The molecule has 0 bridgehead atoms. The van der Waals surface area contributed by atoms with Gasteiger partial charge in [-0.2, -0.15) is 0 Å². The lowest BCUT2D eigenvalue weighted by atomic mass is 9.99. The van der Waals surface area contributed by atoms with Gasteiger partial charge in [0.15, 0.2) is 5.17 Å². The topological polar surface area (TPSA) is 44.9 Å². The largest absolute Gasteiger partial charge is 0.377 e. The van der Waals surface area contributed by atoms with Gasteiger partial charge in [-0.15, -0.1) is 5.10 Å².